The zero-order chi connectivity index (χ0) is 14.5. The van der Waals surface area contributed by atoms with Crippen LogP contribution in [-0.2, 0) is 14.8 Å². The van der Waals surface area contributed by atoms with Crippen molar-refractivity contribution in [1.82, 2.24) is 4.98 Å². The second kappa shape index (κ2) is 4.30. The van der Waals surface area contributed by atoms with Gasteiger partial charge in [0.2, 0.25) is 0 Å². The van der Waals surface area contributed by atoms with E-state index in [0.29, 0.717) is 0 Å². The fourth-order valence-corrected chi connectivity index (χ4v) is 1.93. The predicted octanol–water partition coefficient (Wildman–Crippen LogP) is 1.57. The summed E-state index contributed by atoms with van der Waals surface area (Å²) in [6.45, 7) is 12.0. The second-order valence-electron chi connectivity index (χ2n) is 6.78. The van der Waals surface area contributed by atoms with Crippen molar-refractivity contribution in [2.45, 2.75) is 58.3 Å². The SMILES string of the molecule is CC(C)(N)c1cc(B2OC(C)(C)C(C)(C)O2)ccn1. The molecule has 1 aromatic rings. The van der Waals surface area contributed by atoms with Gasteiger partial charge in [0.05, 0.1) is 22.4 Å². The molecule has 0 atom stereocenters. The van der Waals surface area contributed by atoms with Crippen LogP contribution in [-0.4, -0.2) is 23.3 Å². The maximum Gasteiger partial charge on any atom is 0.494 e. The first-order valence-corrected chi connectivity index (χ1v) is 6.64. The molecule has 19 heavy (non-hydrogen) atoms. The second-order valence-corrected chi connectivity index (χ2v) is 6.78. The molecule has 0 spiro atoms. The third kappa shape index (κ3) is 2.68. The summed E-state index contributed by atoms with van der Waals surface area (Å²) in [6.07, 6.45) is 1.75. The standard InChI is InChI=1S/C14H23BN2O2/c1-12(2,16)11-9-10(7-8-17-11)15-18-13(3,4)14(5,6)19-15/h7-9H,16H2,1-6H3. The molecule has 0 bridgehead atoms. The number of hydrogen-bond acceptors (Lipinski definition) is 4. The Bertz CT molecular complexity index is 465. The summed E-state index contributed by atoms with van der Waals surface area (Å²) in [4.78, 5) is 4.32. The molecule has 2 heterocycles. The molecule has 5 heteroatoms. The summed E-state index contributed by atoms with van der Waals surface area (Å²) < 4.78 is 12.1. The average molecular weight is 262 g/mol. The van der Waals surface area contributed by atoms with E-state index in [1.165, 1.54) is 0 Å². The normalized spacial score (nSPS) is 21.7. The number of rotatable bonds is 2. The van der Waals surface area contributed by atoms with Crippen LogP contribution in [0.25, 0.3) is 0 Å². The third-order valence-electron chi connectivity index (χ3n) is 3.97. The summed E-state index contributed by atoms with van der Waals surface area (Å²) in [5.41, 5.74) is 6.74. The Balaban J connectivity index is 2.30. The highest BCUT2D eigenvalue weighted by atomic mass is 16.7. The van der Waals surface area contributed by atoms with E-state index in [-0.39, 0.29) is 18.3 Å². The van der Waals surface area contributed by atoms with Crippen LogP contribution in [0, 0.1) is 0 Å². The minimum atomic E-state index is -0.473. The molecule has 0 aromatic carbocycles. The van der Waals surface area contributed by atoms with Crippen LogP contribution in [0.5, 0.6) is 0 Å². The minimum Gasteiger partial charge on any atom is -0.399 e. The molecule has 0 radical (unpaired) electrons. The Morgan fingerprint density at radius 2 is 1.68 bits per heavy atom. The molecule has 1 saturated heterocycles. The molecule has 2 rings (SSSR count). The first kappa shape index (κ1) is 14.5. The average Bonchev–Trinajstić information content (AvgIpc) is 2.47. The lowest BCUT2D eigenvalue weighted by atomic mass is 9.78. The third-order valence-corrected chi connectivity index (χ3v) is 3.97. The molecule has 0 saturated carbocycles. The van der Waals surface area contributed by atoms with Crippen LogP contribution in [0.2, 0.25) is 0 Å². The first-order chi connectivity index (χ1) is 8.53. The van der Waals surface area contributed by atoms with Crippen LogP contribution in [0.4, 0.5) is 0 Å². The van der Waals surface area contributed by atoms with Crippen LogP contribution < -0.4 is 11.2 Å². The molecule has 0 unspecified atom stereocenters. The van der Waals surface area contributed by atoms with E-state index in [1.54, 1.807) is 6.20 Å². The van der Waals surface area contributed by atoms with Crippen molar-refractivity contribution in [1.29, 1.82) is 0 Å². The van der Waals surface area contributed by atoms with Crippen LogP contribution in [0.1, 0.15) is 47.2 Å². The molecule has 1 aliphatic rings. The van der Waals surface area contributed by atoms with Gasteiger partial charge in [0.15, 0.2) is 0 Å². The van der Waals surface area contributed by atoms with E-state index in [4.69, 9.17) is 15.0 Å². The van der Waals surface area contributed by atoms with Gasteiger partial charge < -0.3 is 15.0 Å². The van der Waals surface area contributed by atoms with E-state index >= 15 is 0 Å². The van der Waals surface area contributed by atoms with Crippen molar-refractivity contribution in [2.75, 3.05) is 0 Å². The van der Waals surface area contributed by atoms with Crippen molar-refractivity contribution in [3.63, 3.8) is 0 Å². The fourth-order valence-electron chi connectivity index (χ4n) is 1.93. The van der Waals surface area contributed by atoms with E-state index in [1.807, 2.05) is 53.7 Å². The summed E-state index contributed by atoms with van der Waals surface area (Å²) in [5.74, 6) is 0. The smallest absolute Gasteiger partial charge is 0.399 e. The Hall–Kier alpha value is -0.905. The van der Waals surface area contributed by atoms with Crippen molar-refractivity contribution in [2.24, 2.45) is 5.73 Å². The zero-order valence-corrected chi connectivity index (χ0v) is 12.7. The quantitative estimate of drug-likeness (QED) is 0.822. The molecule has 1 aromatic heterocycles. The molecular weight excluding hydrogens is 239 g/mol. The van der Waals surface area contributed by atoms with Crippen molar-refractivity contribution < 1.29 is 9.31 Å². The van der Waals surface area contributed by atoms with E-state index in [0.717, 1.165) is 11.2 Å². The maximum atomic E-state index is 6.09. The lowest BCUT2D eigenvalue weighted by Gasteiger charge is -2.32. The van der Waals surface area contributed by atoms with Gasteiger partial charge in [-0.15, -0.1) is 0 Å². The molecule has 2 N–H and O–H groups in total. The lowest BCUT2D eigenvalue weighted by molar-refractivity contribution is 0.00578. The van der Waals surface area contributed by atoms with Crippen molar-refractivity contribution >= 4 is 12.6 Å². The number of nitrogens with zero attached hydrogens (tertiary/aromatic N) is 1. The van der Waals surface area contributed by atoms with Gasteiger partial charge in [-0.3, -0.25) is 4.98 Å². The number of aromatic nitrogens is 1. The molecule has 1 aliphatic heterocycles. The molecule has 1 fully saturated rings. The van der Waals surface area contributed by atoms with Gasteiger partial charge in [0.25, 0.3) is 0 Å². The highest BCUT2D eigenvalue weighted by molar-refractivity contribution is 6.62. The van der Waals surface area contributed by atoms with Crippen LogP contribution >= 0.6 is 0 Å². The van der Waals surface area contributed by atoms with Crippen LogP contribution in [0.15, 0.2) is 18.3 Å². The Kier molecular flexibility index (Phi) is 3.28. The molecule has 0 amide bonds. The largest absolute Gasteiger partial charge is 0.494 e. The van der Waals surface area contributed by atoms with Gasteiger partial charge in [-0.05, 0) is 59.1 Å². The topological polar surface area (TPSA) is 57.4 Å². The highest BCUT2D eigenvalue weighted by Crippen LogP contribution is 2.36. The predicted molar refractivity (Wildman–Crippen MR) is 77.2 cm³/mol. The Morgan fingerprint density at radius 1 is 1.16 bits per heavy atom. The van der Waals surface area contributed by atoms with E-state index in [2.05, 4.69) is 4.98 Å². The Labute approximate surface area is 115 Å². The minimum absolute atomic E-state index is 0.334. The van der Waals surface area contributed by atoms with Gasteiger partial charge in [0, 0.05) is 6.20 Å². The van der Waals surface area contributed by atoms with Gasteiger partial charge in [-0.1, -0.05) is 0 Å². The fraction of sp³-hybridized carbons (Fsp3) is 0.643. The molecular formula is C14H23BN2O2. The summed E-state index contributed by atoms with van der Waals surface area (Å²) in [5, 5.41) is 0. The molecule has 0 aliphatic carbocycles. The van der Waals surface area contributed by atoms with E-state index < -0.39 is 5.54 Å². The number of pyridine rings is 1. The monoisotopic (exact) mass is 262 g/mol. The van der Waals surface area contributed by atoms with Crippen molar-refractivity contribution in [3.8, 4) is 0 Å². The molecule has 4 nitrogen and oxygen atoms in total. The van der Waals surface area contributed by atoms with E-state index in [9.17, 15) is 0 Å². The van der Waals surface area contributed by atoms with Gasteiger partial charge in [-0.2, -0.15) is 0 Å². The first-order valence-electron chi connectivity index (χ1n) is 6.64. The van der Waals surface area contributed by atoms with Crippen LogP contribution in [0.3, 0.4) is 0 Å². The van der Waals surface area contributed by atoms with Gasteiger partial charge >= 0.3 is 7.12 Å². The summed E-state index contributed by atoms with van der Waals surface area (Å²) in [6, 6.07) is 3.87. The van der Waals surface area contributed by atoms with Crippen molar-refractivity contribution in [3.05, 3.63) is 24.0 Å². The Morgan fingerprint density at radius 3 is 2.16 bits per heavy atom. The number of nitrogens with two attached hydrogens (primary N) is 1. The lowest BCUT2D eigenvalue weighted by Crippen LogP contribution is -2.41. The summed E-state index contributed by atoms with van der Waals surface area (Å²) >= 11 is 0. The summed E-state index contributed by atoms with van der Waals surface area (Å²) in [7, 11) is -0.367. The van der Waals surface area contributed by atoms with Gasteiger partial charge in [-0.25, -0.2) is 0 Å². The zero-order valence-electron chi connectivity index (χ0n) is 12.7. The van der Waals surface area contributed by atoms with Gasteiger partial charge in [0.1, 0.15) is 0 Å². The molecule has 104 valence electrons. The highest BCUT2D eigenvalue weighted by Gasteiger charge is 2.51. The number of hydrogen-bond donors (Lipinski definition) is 1. The maximum absolute atomic E-state index is 6.09.